The monoisotopic (exact) mass is 599 g/mol. The lowest BCUT2D eigenvalue weighted by molar-refractivity contribution is 0.0928. The van der Waals surface area contributed by atoms with Gasteiger partial charge in [-0.2, -0.15) is 0 Å². The number of aromatic nitrogens is 4. The molecule has 2 fully saturated rings. The molecule has 11 nitrogen and oxygen atoms in total. The van der Waals surface area contributed by atoms with Crippen LogP contribution < -0.4 is 14.8 Å². The van der Waals surface area contributed by atoms with Crippen LogP contribution in [0.25, 0.3) is 10.6 Å². The van der Waals surface area contributed by atoms with Crippen LogP contribution in [0.2, 0.25) is 0 Å². The first-order valence-corrected chi connectivity index (χ1v) is 16.7. The molecular weight excluding hydrogens is 562 g/mol. The number of nitrogens with zero attached hydrogens (tertiary/aromatic N) is 5. The van der Waals surface area contributed by atoms with Crippen molar-refractivity contribution in [3.8, 4) is 16.5 Å². The minimum Gasteiger partial charge on any atom is -0.477 e. The van der Waals surface area contributed by atoms with Gasteiger partial charge in [0.1, 0.15) is 5.69 Å². The number of pyridine rings is 1. The van der Waals surface area contributed by atoms with Crippen molar-refractivity contribution in [1.29, 1.82) is 0 Å². The topological polar surface area (TPSA) is 139 Å². The Bertz CT molecular complexity index is 1420. The van der Waals surface area contributed by atoms with E-state index in [0.29, 0.717) is 58.7 Å². The molecule has 0 radical (unpaired) electrons. The van der Waals surface area contributed by atoms with Crippen LogP contribution in [0.1, 0.15) is 79.8 Å². The summed E-state index contributed by atoms with van der Waals surface area (Å²) in [6.45, 7) is 5.22. The van der Waals surface area contributed by atoms with Gasteiger partial charge in [-0.25, -0.2) is 18.4 Å². The average Bonchev–Trinajstić information content (AvgIpc) is 3.70. The van der Waals surface area contributed by atoms with Gasteiger partial charge in [0.15, 0.2) is 5.01 Å². The van der Waals surface area contributed by atoms with Gasteiger partial charge >= 0.3 is 0 Å². The maximum Gasteiger partial charge on any atom is 0.280 e. The Kier molecular flexibility index (Phi) is 9.78. The fraction of sp³-hybridized carbons (Fsp3) is 0.536. The molecule has 1 atom stereocenters. The normalized spacial score (nSPS) is 17.3. The fourth-order valence-electron chi connectivity index (χ4n) is 5.34. The molecule has 3 aromatic rings. The standard InChI is InChI=1S/C28H37N7O4S2/c1-2-39-26-19-29-17-24(32-26)25-18-31-28(40-25)27(36)33-22(11-15-35-13-6-3-7-14-35)23-16-20(10-12-30-23)34-41(37,38)21-8-4-5-9-21/h10,12,16-19,21-22H,2-9,11,13-15H2,1H3,(H,30,34)(H,33,36). The molecule has 5 rings (SSSR count). The van der Waals surface area contributed by atoms with Gasteiger partial charge in [0, 0.05) is 18.9 Å². The first-order valence-electron chi connectivity index (χ1n) is 14.3. The molecule has 2 aliphatic rings. The maximum atomic E-state index is 13.4. The highest BCUT2D eigenvalue weighted by Gasteiger charge is 2.29. The SMILES string of the molecule is CCOc1cncc(-c2cnc(C(=O)NC(CCN3CCCCC3)c3cc(NS(=O)(=O)C4CCCC4)ccn3)s2)n1. The quantitative estimate of drug-likeness (QED) is 0.310. The molecule has 3 aromatic heterocycles. The summed E-state index contributed by atoms with van der Waals surface area (Å²) in [6.07, 6.45) is 13.8. The summed E-state index contributed by atoms with van der Waals surface area (Å²) >= 11 is 1.23. The van der Waals surface area contributed by atoms with E-state index in [0.717, 1.165) is 32.5 Å². The van der Waals surface area contributed by atoms with Crippen LogP contribution in [0.15, 0.2) is 36.9 Å². The second-order valence-electron chi connectivity index (χ2n) is 10.4. The van der Waals surface area contributed by atoms with E-state index in [2.05, 4.69) is 34.9 Å². The summed E-state index contributed by atoms with van der Waals surface area (Å²) in [4.78, 5) is 34.0. The second-order valence-corrected chi connectivity index (χ2v) is 13.4. The predicted molar refractivity (Wildman–Crippen MR) is 158 cm³/mol. The zero-order valence-electron chi connectivity index (χ0n) is 23.3. The third-order valence-corrected chi connectivity index (χ3v) is 10.4. The predicted octanol–water partition coefficient (Wildman–Crippen LogP) is 4.43. The van der Waals surface area contributed by atoms with Crippen LogP contribution in [-0.2, 0) is 10.0 Å². The number of carbonyl (C=O) groups is 1. The lowest BCUT2D eigenvalue weighted by Gasteiger charge is -2.28. The van der Waals surface area contributed by atoms with Gasteiger partial charge in [0.05, 0.1) is 46.6 Å². The molecule has 2 N–H and O–H groups in total. The molecule has 0 bridgehead atoms. The van der Waals surface area contributed by atoms with E-state index >= 15 is 0 Å². The van der Waals surface area contributed by atoms with E-state index in [4.69, 9.17) is 4.74 Å². The molecule has 13 heteroatoms. The van der Waals surface area contributed by atoms with Crippen LogP contribution in [0, 0.1) is 0 Å². The minimum atomic E-state index is -3.48. The summed E-state index contributed by atoms with van der Waals surface area (Å²) in [7, 11) is -3.48. The van der Waals surface area contributed by atoms with Crippen molar-refractivity contribution in [1.82, 2.24) is 30.2 Å². The number of carbonyl (C=O) groups excluding carboxylic acids is 1. The number of rotatable bonds is 12. The molecular formula is C28H37N7O4S2. The molecule has 1 unspecified atom stereocenters. The van der Waals surface area contributed by atoms with Crippen molar-refractivity contribution in [2.75, 3.05) is 31.0 Å². The van der Waals surface area contributed by atoms with Crippen LogP contribution in [0.4, 0.5) is 5.69 Å². The molecule has 220 valence electrons. The van der Waals surface area contributed by atoms with Crippen LogP contribution >= 0.6 is 11.3 Å². The number of likely N-dealkylation sites (tertiary alicyclic amines) is 1. The summed E-state index contributed by atoms with van der Waals surface area (Å²) in [6, 6.07) is 2.97. The number of hydrogen-bond donors (Lipinski definition) is 2. The van der Waals surface area contributed by atoms with E-state index in [1.807, 2.05) is 6.92 Å². The van der Waals surface area contributed by atoms with Crippen molar-refractivity contribution in [2.24, 2.45) is 0 Å². The third-order valence-electron chi connectivity index (χ3n) is 7.48. The van der Waals surface area contributed by atoms with Crippen molar-refractivity contribution < 1.29 is 17.9 Å². The van der Waals surface area contributed by atoms with Crippen LogP contribution in [0.5, 0.6) is 5.88 Å². The molecule has 41 heavy (non-hydrogen) atoms. The van der Waals surface area contributed by atoms with E-state index in [1.54, 1.807) is 36.9 Å². The van der Waals surface area contributed by atoms with Crippen molar-refractivity contribution >= 4 is 33.0 Å². The summed E-state index contributed by atoms with van der Waals surface area (Å²) in [5, 5.41) is 3.04. The van der Waals surface area contributed by atoms with Crippen molar-refractivity contribution in [2.45, 2.75) is 69.6 Å². The van der Waals surface area contributed by atoms with Gasteiger partial charge in [-0.3, -0.25) is 19.5 Å². The first-order chi connectivity index (χ1) is 19.9. The Morgan fingerprint density at radius 2 is 1.93 bits per heavy atom. The number of piperidine rings is 1. The zero-order chi connectivity index (χ0) is 28.7. The fourth-order valence-corrected chi connectivity index (χ4v) is 7.69. The first kappa shape index (κ1) is 29.3. The number of amides is 1. The summed E-state index contributed by atoms with van der Waals surface area (Å²) in [5.74, 6) is 0.0919. The molecule has 1 saturated heterocycles. The molecule has 0 spiro atoms. The van der Waals surface area contributed by atoms with E-state index < -0.39 is 16.1 Å². The number of hydrogen-bond acceptors (Lipinski definition) is 10. The molecule has 4 heterocycles. The largest absolute Gasteiger partial charge is 0.477 e. The summed E-state index contributed by atoms with van der Waals surface area (Å²) in [5.41, 5.74) is 1.65. The number of ether oxygens (including phenoxy) is 1. The van der Waals surface area contributed by atoms with Gasteiger partial charge in [-0.1, -0.05) is 19.3 Å². The average molecular weight is 600 g/mol. The lowest BCUT2D eigenvalue weighted by atomic mass is 10.1. The van der Waals surface area contributed by atoms with Crippen LogP contribution in [0.3, 0.4) is 0 Å². The van der Waals surface area contributed by atoms with Crippen molar-refractivity contribution in [3.05, 3.63) is 47.6 Å². The van der Waals surface area contributed by atoms with Crippen LogP contribution in [-0.4, -0.2) is 70.7 Å². The zero-order valence-corrected chi connectivity index (χ0v) is 24.9. The highest BCUT2D eigenvalue weighted by Crippen LogP contribution is 2.29. The lowest BCUT2D eigenvalue weighted by Crippen LogP contribution is -2.35. The Labute approximate surface area is 245 Å². The van der Waals surface area contributed by atoms with Gasteiger partial charge in [0.2, 0.25) is 15.9 Å². The molecule has 1 aliphatic heterocycles. The maximum absolute atomic E-state index is 13.4. The van der Waals surface area contributed by atoms with E-state index in [1.165, 1.54) is 30.6 Å². The highest BCUT2D eigenvalue weighted by atomic mass is 32.2. The van der Waals surface area contributed by atoms with Gasteiger partial charge < -0.3 is 15.0 Å². The van der Waals surface area contributed by atoms with Crippen molar-refractivity contribution in [3.63, 3.8) is 0 Å². The number of anilines is 1. The number of nitrogens with one attached hydrogen (secondary N) is 2. The molecule has 0 aromatic carbocycles. The van der Waals surface area contributed by atoms with E-state index in [-0.39, 0.29) is 11.2 Å². The van der Waals surface area contributed by atoms with Gasteiger partial charge in [-0.05, 0) is 64.3 Å². The summed E-state index contributed by atoms with van der Waals surface area (Å²) < 4.78 is 34.0. The molecule has 1 aliphatic carbocycles. The van der Waals surface area contributed by atoms with Gasteiger partial charge in [-0.15, -0.1) is 11.3 Å². The molecule has 1 amide bonds. The van der Waals surface area contributed by atoms with Gasteiger partial charge in [0.25, 0.3) is 5.91 Å². The Balaban J connectivity index is 1.33. The Morgan fingerprint density at radius 3 is 2.71 bits per heavy atom. The Morgan fingerprint density at radius 1 is 1.12 bits per heavy atom. The second kappa shape index (κ2) is 13.7. The third kappa shape index (κ3) is 7.77. The highest BCUT2D eigenvalue weighted by molar-refractivity contribution is 7.93. The Hall–Kier alpha value is -3.16. The molecule has 1 saturated carbocycles. The smallest absolute Gasteiger partial charge is 0.280 e. The van der Waals surface area contributed by atoms with E-state index in [9.17, 15) is 13.2 Å². The minimum absolute atomic E-state index is 0.296. The number of thiazole rings is 1. The number of sulfonamides is 1.